The van der Waals surface area contributed by atoms with E-state index < -0.39 is 0 Å². The number of anilines is 1. The van der Waals surface area contributed by atoms with E-state index in [2.05, 4.69) is 17.6 Å². The molecule has 0 atom stereocenters. The SMILES string of the molecule is CCCCO/C(C(=O)Nc1cccc(Cl)c1)=C(/C=N)N1CCNCC1. The summed E-state index contributed by atoms with van der Waals surface area (Å²) >= 11 is 5.98. The van der Waals surface area contributed by atoms with Gasteiger partial charge in [0, 0.05) is 43.1 Å². The Morgan fingerprint density at radius 1 is 1.44 bits per heavy atom. The van der Waals surface area contributed by atoms with Gasteiger partial charge >= 0.3 is 0 Å². The van der Waals surface area contributed by atoms with Crippen molar-refractivity contribution in [1.29, 1.82) is 5.41 Å². The second kappa shape index (κ2) is 10.1. The van der Waals surface area contributed by atoms with Crippen molar-refractivity contribution < 1.29 is 9.53 Å². The minimum atomic E-state index is -0.365. The van der Waals surface area contributed by atoms with E-state index in [9.17, 15) is 4.79 Å². The number of hydrogen-bond donors (Lipinski definition) is 3. The third-order valence-electron chi connectivity index (χ3n) is 3.86. The molecule has 0 spiro atoms. The topological polar surface area (TPSA) is 77.5 Å². The number of unbranched alkanes of at least 4 members (excludes halogenated alkanes) is 1. The van der Waals surface area contributed by atoms with E-state index in [0.717, 1.165) is 39.0 Å². The molecule has 1 amide bonds. The lowest BCUT2D eigenvalue weighted by atomic mass is 10.2. The number of halogens is 1. The smallest absolute Gasteiger partial charge is 0.293 e. The fourth-order valence-electron chi connectivity index (χ4n) is 2.53. The van der Waals surface area contributed by atoms with Gasteiger partial charge in [0.1, 0.15) is 5.70 Å². The van der Waals surface area contributed by atoms with Gasteiger partial charge in [-0.15, -0.1) is 0 Å². The maximum absolute atomic E-state index is 12.8. The second-order valence-electron chi connectivity index (χ2n) is 5.76. The zero-order valence-electron chi connectivity index (χ0n) is 14.5. The summed E-state index contributed by atoms with van der Waals surface area (Å²) in [5.41, 5.74) is 1.11. The average Bonchev–Trinajstić information content (AvgIpc) is 2.62. The molecular weight excluding hydrogens is 340 g/mol. The molecule has 1 saturated heterocycles. The zero-order valence-corrected chi connectivity index (χ0v) is 15.2. The third-order valence-corrected chi connectivity index (χ3v) is 4.10. The van der Waals surface area contributed by atoms with Crippen molar-refractivity contribution in [3.8, 4) is 0 Å². The molecular formula is C18H25ClN4O2. The van der Waals surface area contributed by atoms with Crippen LogP contribution in [0.4, 0.5) is 5.69 Å². The van der Waals surface area contributed by atoms with Gasteiger partial charge in [0.25, 0.3) is 5.91 Å². The van der Waals surface area contributed by atoms with Crippen LogP contribution in [0.5, 0.6) is 0 Å². The molecule has 1 aliphatic rings. The fourth-order valence-corrected chi connectivity index (χ4v) is 2.72. The molecule has 1 fully saturated rings. The molecule has 1 heterocycles. The van der Waals surface area contributed by atoms with Crippen LogP contribution in [0.2, 0.25) is 5.02 Å². The number of amides is 1. The van der Waals surface area contributed by atoms with E-state index in [0.29, 0.717) is 23.0 Å². The summed E-state index contributed by atoms with van der Waals surface area (Å²) in [6.07, 6.45) is 3.02. The second-order valence-corrected chi connectivity index (χ2v) is 6.20. The molecule has 0 saturated carbocycles. The van der Waals surface area contributed by atoms with Crippen molar-refractivity contribution in [3.63, 3.8) is 0 Å². The Hall–Kier alpha value is -2.05. The monoisotopic (exact) mass is 364 g/mol. The van der Waals surface area contributed by atoms with Gasteiger partial charge in [-0.25, -0.2) is 0 Å². The van der Waals surface area contributed by atoms with Crippen molar-refractivity contribution in [2.75, 3.05) is 38.1 Å². The summed E-state index contributed by atoms with van der Waals surface area (Å²) in [6.45, 7) is 5.60. The minimum absolute atomic E-state index is 0.185. The summed E-state index contributed by atoms with van der Waals surface area (Å²) in [5, 5.41) is 14.4. The fraction of sp³-hybridized carbons (Fsp3) is 0.444. The van der Waals surface area contributed by atoms with Crippen LogP contribution >= 0.6 is 11.6 Å². The molecule has 25 heavy (non-hydrogen) atoms. The molecule has 136 valence electrons. The summed E-state index contributed by atoms with van der Waals surface area (Å²) < 4.78 is 5.77. The van der Waals surface area contributed by atoms with Gasteiger partial charge in [-0.2, -0.15) is 0 Å². The van der Waals surface area contributed by atoms with E-state index in [1.165, 1.54) is 6.21 Å². The molecule has 0 bridgehead atoms. The number of hydrogen-bond acceptors (Lipinski definition) is 5. The summed E-state index contributed by atoms with van der Waals surface area (Å²) in [7, 11) is 0. The van der Waals surface area contributed by atoms with Crippen LogP contribution < -0.4 is 10.6 Å². The van der Waals surface area contributed by atoms with Gasteiger partial charge < -0.3 is 25.7 Å². The molecule has 1 aromatic rings. The van der Waals surface area contributed by atoms with Crippen LogP contribution in [-0.2, 0) is 9.53 Å². The Kier molecular flexibility index (Phi) is 7.76. The summed E-state index contributed by atoms with van der Waals surface area (Å²) in [4.78, 5) is 14.8. The van der Waals surface area contributed by atoms with E-state index in [4.69, 9.17) is 21.7 Å². The maximum Gasteiger partial charge on any atom is 0.293 e. The molecule has 2 rings (SSSR count). The highest BCUT2D eigenvalue weighted by molar-refractivity contribution is 6.30. The lowest BCUT2D eigenvalue weighted by molar-refractivity contribution is -0.116. The van der Waals surface area contributed by atoms with Crippen molar-refractivity contribution in [2.45, 2.75) is 19.8 Å². The van der Waals surface area contributed by atoms with Crippen molar-refractivity contribution in [2.24, 2.45) is 0 Å². The first-order chi connectivity index (χ1) is 12.2. The number of ether oxygens (including phenoxy) is 1. The molecule has 1 aromatic carbocycles. The van der Waals surface area contributed by atoms with Gasteiger partial charge in [0.05, 0.1) is 6.61 Å². The Labute approximate surface area is 153 Å². The number of benzene rings is 1. The Morgan fingerprint density at radius 2 is 2.20 bits per heavy atom. The normalized spacial score (nSPS) is 15.4. The number of rotatable bonds is 8. The molecule has 6 nitrogen and oxygen atoms in total. The molecule has 0 aliphatic carbocycles. The van der Waals surface area contributed by atoms with Crippen LogP contribution in [0.25, 0.3) is 0 Å². The predicted octanol–water partition coefficient (Wildman–Crippen LogP) is 2.86. The third kappa shape index (κ3) is 5.76. The van der Waals surface area contributed by atoms with Crippen LogP contribution in [0.15, 0.2) is 35.7 Å². The molecule has 0 aromatic heterocycles. The van der Waals surface area contributed by atoms with Gasteiger partial charge in [0.15, 0.2) is 0 Å². The summed E-state index contributed by atoms with van der Waals surface area (Å²) in [6, 6.07) is 6.96. The van der Waals surface area contributed by atoms with E-state index in [1.807, 2.05) is 4.90 Å². The first-order valence-corrected chi connectivity index (χ1v) is 8.93. The van der Waals surface area contributed by atoms with Crippen LogP contribution in [0.3, 0.4) is 0 Å². The highest BCUT2D eigenvalue weighted by atomic mass is 35.5. The van der Waals surface area contributed by atoms with E-state index in [1.54, 1.807) is 24.3 Å². The lowest BCUT2D eigenvalue weighted by Crippen LogP contribution is -2.44. The largest absolute Gasteiger partial charge is 0.486 e. The van der Waals surface area contributed by atoms with E-state index in [-0.39, 0.29) is 11.7 Å². The molecule has 1 aliphatic heterocycles. The highest BCUT2D eigenvalue weighted by Gasteiger charge is 2.22. The Morgan fingerprint density at radius 3 is 2.84 bits per heavy atom. The van der Waals surface area contributed by atoms with Gasteiger partial charge in [-0.05, 0) is 24.6 Å². The number of nitrogens with one attached hydrogen (secondary N) is 3. The number of carbonyl (C=O) groups excluding carboxylic acids is 1. The molecule has 7 heteroatoms. The standard InChI is InChI=1S/C18H25ClN4O2/c1-2-3-11-25-17(16(13-20)23-9-7-21-8-10-23)18(24)22-15-6-4-5-14(19)12-15/h4-6,12-13,20-21H,2-3,7-11H2,1H3,(H,22,24)/b17-16-,20-13?. The van der Waals surface area contributed by atoms with Gasteiger partial charge in [-0.3, -0.25) is 4.79 Å². The van der Waals surface area contributed by atoms with Crippen LogP contribution in [0.1, 0.15) is 19.8 Å². The first-order valence-electron chi connectivity index (χ1n) is 8.55. The van der Waals surface area contributed by atoms with Crippen LogP contribution in [0, 0.1) is 5.41 Å². The number of piperazine rings is 1. The number of allylic oxidation sites excluding steroid dienone is 1. The van der Waals surface area contributed by atoms with E-state index >= 15 is 0 Å². The van der Waals surface area contributed by atoms with Gasteiger partial charge in [-0.1, -0.05) is 31.0 Å². The minimum Gasteiger partial charge on any atom is -0.486 e. The van der Waals surface area contributed by atoms with Crippen molar-refractivity contribution >= 4 is 29.4 Å². The Balaban J connectivity index is 2.24. The average molecular weight is 365 g/mol. The van der Waals surface area contributed by atoms with Crippen molar-refractivity contribution in [3.05, 3.63) is 40.7 Å². The quantitative estimate of drug-likeness (QED) is 0.287. The predicted molar refractivity (Wildman–Crippen MR) is 101 cm³/mol. The number of carbonyl (C=O) groups is 1. The molecule has 0 radical (unpaired) electrons. The summed E-state index contributed by atoms with van der Waals surface area (Å²) in [5.74, 6) is -0.180. The lowest BCUT2D eigenvalue weighted by Gasteiger charge is -2.31. The number of nitrogens with zero attached hydrogens (tertiary/aromatic N) is 1. The Bertz CT molecular complexity index is 627. The highest BCUT2D eigenvalue weighted by Crippen LogP contribution is 2.18. The zero-order chi connectivity index (χ0) is 18.1. The maximum atomic E-state index is 12.8. The molecule has 0 unspecified atom stereocenters. The van der Waals surface area contributed by atoms with Crippen molar-refractivity contribution in [1.82, 2.24) is 10.2 Å². The van der Waals surface area contributed by atoms with Crippen LogP contribution in [-0.4, -0.2) is 49.8 Å². The molecule has 3 N–H and O–H groups in total. The first kappa shape index (κ1) is 19.3. The van der Waals surface area contributed by atoms with Gasteiger partial charge in [0.2, 0.25) is 5.76 Å².